The van der Waals surface area contributed by atoms with Gasteiger partial charge in [-0.15, -0.1) is 13.2 Å². The summed E-state index contributed by atoms with van der Waals surface area (Å²) in [7, 11) is 2.03. The smallest absolute Gasteiger partial charge is 0.225 e. The third-order valence-electron chi connectivity index (χ3n) is 5.33. The molecule has 0 saturated carbocycles. The van der Waals surface area contributed by atoms with E-state index in [0.29, 0.717) is 11.7 Å². The molecule has 0 radical (unpaired) electrons. The highest BCUT2D eigenvalue weighted by atomic mass is 16.1. The van der Waals surface area contributed by atoms with Crippen molar-refractivity contribution in [2.24, 2.45) is 5.73 Å². The molecule has 1 unspecified atom stereocenters. The number of aryl methyl sites for hydroxylation is 1. The maximum absolute atomic E-state index is 8.00. The first-order valence-electron chi connectivity index (χ1n) is 11.0. The van der Waals surface area contributed by atoms with Gasteiger partial charge in [0, 0.05) is 42.8 Å². The van der Waals surface area contributed by atoms with Gasteiger partial charge in [0.15, 0.2) is 0 Å². The summed E-state index contributed by atoms with van der Waals surface area (Å²) in [4.78, 5) is 19.0. The lowest BCUT2D eigenvalue weighted by Crippen LogP contribution is -2.29. The van der Waals surface area contributed by atoms with E-state index in [0.717, 1.165) is 31.0 Å². The van der Waals surface area contributed by atoms with Crippen molar-refractivity contribution in [2.45, 2.75) is 32.2 Å². The Hall–Kier alpha value is -3.51. The molecule has 1 atom stereocenters. The lowest BCUT2D eigenvalue weighted by Gasteiger charge is -2.20. The van der Waals surface area contributed by atoms with Gasteiger partial charge in [0.1, 0.15) is 6.79 Å². The fourth-order valence-electron chi connectivity index (χ4n) is 3.54. The summed E-state index contributed by atoms with van der Waals surface area (Å²) in [5, 5.41) is 5.99. The molecule has 0 aliphatic carbocycles. The molecule has 1 aliphatic heterocycles. The van der Waals surface area contributed by atoms with Gasteiger partial charge in [-0.25, -0.2) is 9.97 Å². The molecule has 0 amide bonds. The van der Waals surface area contributed by atoms with E-state index in [2.05, 4.69) is 89.3 Å². The molecule has 3 aromatic rings. The summed E-state index contributed by atoms with van der Waals surface area (Å²) in [6.07, 6.45) is 6.99. The number of carbonyl (C=O) groups is 1. The Morgan fingerprint density at radius 1 is 1.03 bits per heavy atom. The van der Waals surface area contributed by atoms with E-state index in [1.165, 1.54) is 29.2 Å². The van der Waals surface area contributed by atoms with Gasteiger partial charge < -0.3 is 20.7 Å². The molecular weight excluding hydrogens is 410 g/mol. The molecule has 3 N–H and O–H groups in total. The Morgan fingerprint density at radius 3 is 2.27 bits per heavy atom. The lowest BCUT2D eigenvalue weighted by molar-refractivity contribution is -0.0979. The summed E-state index contributed by atoms with van der Waals surface area (Å²) < 4.78 is 0. The molecule has 6 heteroatoms. The molecule has 2 heterocycles. The van der Waals surface area contributed by atoms with Crippen molar-refractivity contribution in [3.63, 3.8) is 0 Å². The third kappa shape index (κ3) is 8.86. The first kappa shape index (κ1) is 27.5. The second-order valence-electron chi connectivity index (χ2n) is 7.55. The number of carbonyl (C=O) groups excluding carboxylic acids is 1. The molecule has 1 fully saturated rings. The minimum absolute atomic E-state index is 0.507. The van der Waals surface area contributed by atoms with Crippen LogP contribution >= 0.6 is 0 Å². The van der Waals surface area contributed by atoms with E-state index in [4.69, 9.17) is 10.5 Å². The number of hydrogen-bond donors (Lipinski definition) is 2. The van der Waals surface area contributed by atoms with E-state index >= 15 is 0 Å². The zero-order valence-corrected chi connectivity index (χ0v) is 20.0. The van der Waals surface area contributed by atoms with Crippen LogP contribution in [0.25, 0.3) is 16.5 Å². The number of benzene rings is 2. The number of nitrogens with one attached hydrogen (secondary N) is 1. The van der Waals surface area contributed by atoms with Crippen molar-refractivity contribution in [3.8, 4) is 0 Å². The van der Waals surface area contributed by atoms with Crippen molar-refractivity contribution in [1.82, 2.24) is 15.3 Å². The van der Waals surface area contributed by atoms with Gasteiger partial charge in [-0.2, -0.15) is 0 Å². The van der Waals surface area contributed by atoms with Crippen LogP contribution in [-0.4, -0.2) is 42.9 Å². The summed E-state index contributed by atoms with van der Waals surface area (Å²) in [6, 6.07) is 15.5. The molecule has 33 heavy (non-hydrogen) atoms. The van der Waals surface area contributed by atoms with E-state index in [-0.39, 0.29) is 0 Å². The number of rotatable bonds is 3. The van der Waals surface area contributed by atoms with Gasteiger partial charge >= 0.3 is 0 Å². The zero-order valence-electron chi connectivity index (χ0n) is 20.0. The van der Waals surface area contributed by atoms with E-state index < -0.39 is 0 Å². The predicted molar refractivity (Wildman–Crippen MR) is 141 cm³/mol. The Bertz CT molecular complexity index is 972. The molecule has 6 nitrogen and oxygen atoms in total. The number of nitrogens with two attached hydrogens (primary N) is 1. The minimum atomic E-state index is 0.507. The average molecular weight is 448 g/mol. The van der Waals surface area contributed by atoms with Crippen LogP contribution in [0.1, 0.15) is 30.4 Å². The Balaban J connectivity index is 0.000000310. The van der Waals surface area contributed by atoms with Crippen molar-refractivity contribution < 1.29 is 4.79 Å². The highest BCUT2D eigenvalue weighted by molar-refractivity contribution is 5.82. The van der Waals surface area contributed by atoms with Gasteiger partial charge in [0.05, 0.1) is 0 Å². The van der Waals surface area contributed by atoms with Crippen molar-refractivity contribution in [3.05, 3.63) is 85.7 Å². The summed E-state index contributed by atoms with van der Waals surface area (Å²) in [6.45, 7) is 15.8. The van der Waals surface area contributed by atoms with Crippen LogP contribution in [0.5, 0.6) is 0 Å². The topological polar surface area (TPSA) is 84.1 Å². The molecular formula is C27H37N5O. The number of hydrogen-bond acceptors (Lipinski definition) is 6. The van der Waals surface area contributed by atoms with E-state index in [1.807, 2.05) is 13.8 Å². The maximum atomic E-state index is 8.00. The van der Waals surface area contributed by atoms with Crippen LogP contribution in [0.4, 0.5) is 5.95 Å². The number of aromatic nitrogens is 2. The Morgan fingerprint density at radius 2 is 1.67 bits per heavy atom. The fourth-order valence-corrected chi connectivity index (χ4v) is 3.54. The van der Waals surface area contributed by atoms with Crippen LogP contribution in [0.2, 0.25) is 0 Å². The third-order valence-corrected chi connectivity index (χ3v) is 5.33. The second kappa shape index (κ2) is 15.3. The van der Waals surface area contributed by atoms with Crippen LogP contribution in [0.3, 0.4) is 0 Å². The van der Waals surface area contributed by atoms with Crippen LogP contribution in [-0.2, 0) is 4.79 Å². The van der Waals surface area contributed by atoms with Gasteiger partial charge in [-0.05, 0) is 44.0 Å². The highest BCUT2D eigenvalue weighted by Gasteiger charge is 2.17. The number of nitrogens with zero attached hydrogens (tertiary/aromatic N) is 3. The Labute approximate surface area is 198 Å². The maximum Gasteiger partial charge on any atom is 0.225 e. The number of anilines is 1. The van der Waals surface area contributed by atoms with Crippen molar-refractivity contribution in [2.75, 3.05) is 25.0 Å². The molecule has 0 spiro atoms. The molecule has 176 valence electrons. The van der Waals surface area contributed by atoms with Crippen LogP contribution in [0.15, 0.2) is 74.6 Å². The predicted octanol–water partition coefficient (Wildman–Crippen LogP) is 4.75. The first-order chi connectivity index (χ1) is 16.1. The SMILES string of the molecule is C=C.C=C(N)c1cnc(N2CCCC(NC)CC2)nc1.C=O.Cc1ccc2ccccc2c1. The number of fused-ring (bicyclic) bond motifs is 1. The molecule has 1 aliphatic rings. The van der Waals surface area contributed by atoms with Crippen LogP contribution < -0.4 is 16.0 Å². The highest BCUT2D eigenvalue weighted by Crippen LogP contribution is 2.16. The summed E-state index contributed by atoms with van der Waals surface area (Å²) in [5.41, 5.74) is 8.23. The quantitative estimate of drug-likeness (QED) is 0.564. The zero-order chi connectivity index (χ0) is 24.6. The van der Waals surface area contributed by atoms with E-state index in [9.17, 15) is 0 Å². The minimum Gasteiger partial charge on any atom is -0.399 e. The molecule has 4 rings (SSSR count). The molecule has 1 aromatic heterocycles. The lowest BCUT2D eigenvalue weighted by atomic mass is 10.1. The van der Waals surface area contributed by atoms with Crippen molar-refractivity contribution in [1.29, 1.82) is 0 Å². The monoisotopic (exact) mass is 447 g/mol. The van der Waals surface area contributed by atoms with Gasteiger partial charge in [0.25, 0.3) is 0 Å². The van der Waals surface area contributed by atoms with Gasteiger partial charge in [-0.3, -0.25) is 0 Å². The summed E-state index contributed by atoms with van der Waals surface area (Å²) in [5.74, 6) is 0.789. The molecule has 1 saturated heterocycles. The standard InChI is InChI=1S/C13H21N5.C11H10.C2H4.CH2O/c1-10(14)11-8-16-13(17-9-11)18-6-3-4-12(15-2)5-7-18;1-9-6-7-10-4-2-3-5-11(10)8-9;2*1-2/h8-9,12,15H,1,3-7,14H2,2H3;2-8H,1H3;1-2H2;1H2. The summed E-state index contributed by atoms with van der Waals surface area (Å²) >= 11 is 0. The largest absolute Gasteiger partial charge is 0.399 e. The first-order valence-corrected chi connectivity index (χ1v) is 11.0. The molecule has 0 bridgehead atoms. The van der Waals surface area contributed by atoms with E-state index in [1.54, 1.807) is 12.4 Å². The Kier molecular flexibility index (Phi) is 12.8. The molecule has 2 aromatic carbocycles. The normalized spacial score (nSPS) is 14.8. The van der Waals surface area contributed by atoms with Gasteiger partial charge in [0.2, 0.25) is 5.95 Å². The average Bonchev–Trinajstić information content (AvgIpc) is 3.13. The second-order valence-corrected chi connectivity index (χ2v) is 7.55. The van der Waals surface area contributed by atoms with Crippen molar-refractivity contribution >= 4 is 29.2 Å². The fraction of sp³-hybridized carbons (Fsp3) is 0.296. The van der Waals surface area contributed by atoms with Gasteiger partial charge in [-0.1, -0.05) is 54.6 Å². The van der Waals surface area contributed by atoms with Crippen LogP contribution in [0, 0.1) is 6.92 Å².